The molecule has 4 nitrogen and oxygen atoms in total. The molecule has 148 valence electrons. The minimum absolute atomic E-state index is 0.244. The van der Waals surface area contributed by atoms with Crippen LogP contribution in [0, 0.1) is 0 Å². The minimum atomic E-state index is -2.86. The lowest BCUT2D eigenvalue weighted by Crippen LogP contribution is -2.53. The summed E-state index contributed by atoms with van der Waals surface area (Å²) in [6.07, 6.45) is 10.2. The second-order valence-electron chi connectivity index (χ2n) is 6.98. The van der Waals surface area contributed by atoms with Gasteiger partial charge in [-0.15, -0.1) is 0 Å². The maximum atomic E-state index is 12.8. The van der Waals surface area contributed by atoms with Crippen LogP contribution in [-0.2, 0) is 9.47 Å². The Bertz CT molecular complexity index is 324. The number of carbonyl (C=O) groups is 2. The molecule has 0 aliphatic heterocycles. The van der Waals surface area contributed by atoms with E-state index in [-0.39, 0.29) is 11.2 Å². The van der Waals surface area contributed by atoms with Gasteiger partial charge in [-0.05, 0) is 24.9 Å². The van der Waals surface area contributed by atoms with Gasteiger partial charge < -0.3 is 9.47 Å². The third-order valence-electron chi connectivity index (χ3n) is 4.60. The van der Waals surface area contributed by atoms with Crippen molar-refractivity contribution in [2.24, 2.45) is 0 Å². The van der Waals surface area contributed by atoms with Gasteiger partial charge in [-0.3, -0.25) is 9.59 Å². The first-order chi connectivity index (χ1) is 12.1. The number of rotatable bonds is 16. The molecule has 0 atom stereocenters. The van der Waals surface area contributed by atoms with E-state index >= 15 is 0 Å². The minimum Gasteiger partial charge on any atom is -0.470 e. The molecule has 0 amide bonds. The standard InChI is InChI=1S/C20H40O4Si/c1-5-9-11-13-15-23-19(21)25(17-7-3,18-8-4)20(22)24-16-14-12-10-6-2/h5-18H2,1-4H3. The molecule has 0 N–H and O–H groups in total. The maximum Gasteiger partial charge on any atom is 0.311 e. The Balaban J connectivity index is 4.72. The third kappa shape index (κ3) is 9.43. The second-order valence-corrected chi connectivity index (χ2v) is 11.0. The maximum absolute atomic E-state index is 12.8. The van der Waals surface area contributed by atoms with Crippen LogP contribution in [0.3, 0.4) is 0 Å². The molecular formula is C20H40O4Si. The number of unbranched alkanes of at least 4 members (excludes halogenated alkanes) is 6. The van der Waals surface area contributed by atoms with Gasteiger partial charge in [0.05, 0.1) is 13.2 Å². The monoisotopic (exact) mass is 372 g/mol. The van der Waals surface area contributed by atoms with Gasteiger partial charge in [0.15, 0.2) is 0 Å². The van der Waals surface area contributed by atoms with Crippen LogP contribution in [0.5, 0.6) is 0 Å². The van der Waals surface area contributed by atoms with Crippen LogP contribution >= 0.6 is 0 Å². The molecule has 25 heavy (non-hydrogen) atoms. The Kier molecular flexibility index (Phi) is 14.9. The van der Waals surface area contributed by atoms with Crippen molar-refractivity contribution < 1.29 is 19.1 Å². The predicted molar refractivity (Wildman–Crippen MR) is 107 cm³/mol. The van der Waals surface area contributed by atoms with E-state index in [0.29, 0.717) is 25.3 Å². The molecule has 0 aromatic heterocycles. The van der Waals surface area contributed by atoms with Crippen LogP contribution in [0.15, 0.2) is 0 Å². The Labute approximate surface area is 156 Å². The van der Waals surface area contributed by atoms with Crippen molar-refractivity contribution in [3.8, 4) is 0 Å². The molecule has 0 aliphatic rings. The molecule has 0 radical (unpaired) electrons. The molecular weight excluding hydrogens is 332 g/mol. The van der Waals surface area contributed by atoms with Gasteiger partial charge in [0.1, 0.15) is 0 Å². The van der Waals surface area contributed by atoms with Crippen molar-refractivity contribution in [2.45, 2.75) is 104 Å². The first kappa shape index (κ1) is 24.2. The summed E-state index contributed by atoms with van der Waals surface area (Å²) in [6, 6.07) is 1.28. The van der Waals surface area contributed by atoms with Gasteiger partial charge in [-0.2, -0.15) is 0 Å². The highest BCUT2D eigenvalue weighted by atomic mass is 28.3. The van der Waals surface area contributed by atoms with E-state index in [1.807, 2.05) is 13.8 Å². The van der Waals surface area contributed by atoms with Gasteiger partial charge in [-0.1, -0.05) is 79.1 Å². The van der Waals surface area contributed by atoms with Gasteiger partial charge in [0, 0.05) is 0 Å². The molecule has 0 heterocycles. The SMILES string of the molecule is CCCCCCOC(=O)[Si](CCC)(CCC)C(=O)OCCCCCC. The number of carbonyl (C=O) groups excluding carboxylic acids is 2. The molecule has 0 aromatic carbocycles. The fraction of sp³-hybridized carbons (Fsp3) is 0.900. The normalized spacial score (nSPS) is 11.4. The first-order valence-electron chi connectivity index (χ1n) is 10.4. The van der Waals surface area contributed by atoms with Crippen LogP contribution in [0.4, 0.5) is 9.59 Å². The molecule has 0 rings (SSSR count). The average molecular weight is 373 g/mol. The molecule has 0 aliphatic carbocycles. The fourth-order valence-corrected chi connectivity index (χ4v) is 6.83. The second kappa shape index (κ2) is 15.4. The van der Waals surface area contributed by atoms with Gasteiger partial charge in [-0.25, -0.2) is 0 Å². The highest BCUT2D eigenvalue weighted by Gasteiger charge is 2.51. The van der Waals surface area contributed by atoms with Gasteiger partial charge in [0.2, 0.25) is 0 Å². The van der Waals surface area contributed by atoms with E-state index < -0.39 is 8.07 Å². The highest BCUT2D eigenvalue weighted by Crippen LogP contribution is 2.25. The summed E-state index contributed by atoms with van der Waals surface area (Å²) in [5.74, 6) is 0. The van der Waals surface area contributed by atoms with Crippen LogP contribution in [0.25, 0.3) is 0 Å². The smallest absolute Gasteiger partial charge is 0.311 e. The zero-order valence-corrected chi connectivity index (χ0v) is 18.0. The summed E-state index contributed by atoms with van der Waals surface area (Å²) in [4.78, 5) is 25.6. The lowest BCUT2D eigenvalue weighted by atomic mass is 10.2. The van der Waals surface area contributed by atoms with E-state index in [2.05, 4.69) is 13.8 Å². The molecule has 0 unspecified atom stereocenters. The largest absolute Gasteiger partial charge is 0.470 e. The van der Waals surface area contributed by atoms with Gasteiger partial charge in [0.25, 0.3) is 11.2 Å². The predicted octanol–water partition coefficient (Wildman–Crippen LogP) is 6.85. The van der Waals surface area contributed by atoms with Crippen LogP contribution < -0.4 is 0 Å². The molecule has 0 fully saturated rings. The molecule has 0 bridgehead atoms. The topological polar surface area (TPSA) is 52.6 Å². The summed E-state index contributed by atoms with van der Waals surface area (Å²) >= 11 is 0. The quantitative estimate of drug-likeness (QED) is 0.219. The Morgan fingerprint density at radius 1 is 0.600 bits per heavy atom. The molecule has 0 spiro atoms. The van der Waals surface area contributed by atoms with E-state index in [9.17, 15) is 9.59 Å². The summed E-state index contributed by atoms with van der Waals surface area (Å²) in [5.41, 5.74) is -0.488. The molecule has 0 saturated heterocycles. The van der Waals surface area contributed by atoms with Crippen molar-refractivity contribution in [2.75, 3.05) is 13.2 Å². The van der Waals surface area contributed by atoms with Crippen LogP contribution in [0.1, 0.15) is 91.9 Å². The van der Waals surface area contributed by atoms with Crippen molar-refractivity contribution >= 4 is 19.3 Å². The molecule has 0 saturated carbocycles. The van der Waals surface area contributed by atoms with Crippen LogP contribution in [0.2, 0.25) is 12.1 Å². The fourth-order valence-electron chi connectivity index (χ4n) is 3.13. The summed E-state index contributed by atoms with van der Waals surface area (Å²) < 4.78 is 11.1. The van der Waals surface area contributed by atoms with E-state index in [1.54, 1.807) is 0 Å². The average Bonchev–Trinajstić information content (AvgIpc) is 2.60. The van der Waals surface area contributed by atoms with Crippen molar-refractivity contribution in [1.29, 1.82) is 0 Å². The first-order valence-corrected chi connectivity index (χ1v) is 12.8. The Morgan fingerprint density at radius 3 is 1.32 bits per heavy atom. The number of hydrogen-bond donors (Lipinski definition) is 0. The van der Waals surface area contributed by atoms with Crippen molar-refractivity contribution in [3.63, 3.8) is 0 Å². The van der Waals surface area contributed by atoms with Gasteiger partial charge >= 0.3 is 8.07 Å². The summed E-state index contributed by atoms with van der Waals surface area (Å²) in [5, 5.41) is 0. The van der Waals surface area contributed by atoms with Crippen molar-refractivity contribution in [1.82, 2.24) is 0 Å². The Hall–Kier alpha value is -0.843. The third-order valence-corrected chi connectivity index (χ3v) is 9.16. The lowest BCUT2D eigenvalue weighted by molar-refractivity contribution is 0.157. The zero-order chi connectivity index (χ0) is 19.0. The zero-order valence-electron chi connectivity index (χ0n) is 17.0. The van der Waals surface area contributed by atoms with E-state index in [0.717, 1.165) is 64.2 Å². The summed E-state index contributed by atoms with van der Waals surface area (Å²) in [7, 11) is -2.86. The van der Waals surface area contributed by atoms with Crippen molar-refractivity contribution in [3.05, 3.63) is 0 Å². The lowest BCUT2D eigenvalue weighted by Gasteiger charge is -2.26. The highest BCUT2D eigenvalue weighted by molar-refractivity contribution is 7.23. The number of hydrogen-bond acceptors (Lipinski definition) is 4. The number of ether oxygens (including phenoxy) is 2. The Morgan fingerprint density at radius 2 is 1.00 bits per heavy atom. The summed E-state index contributed by atoms with van der Waals surface area (Å²) in [6.45, 7) is 9.24. The molecule has 0 aromatic rings. The molecule has 5 heteroatoms. The van der Waals surface area contributed by atoms with E-state index in [4.69, 9.17) is 9.47 Å². The van der Waals surface area contributed by atoms with E-state index in [1.165, 1.54) is 0 Å². The van der Waals surface area contributed by atoms with Crippen LogP contribution in [-0.4, -0.2) is 32.5 Å².